The van der Waals surface area contributed by atoms with Crippen LogP contribution in [0.5, 0.6) is 0 Å². The summed E-state index contributed by atoms with van der Waals surface area (Å²) in [5, 5.41) is 3.39. The van der Waals surface area contributed by atoms with Crippen LogP contribution in [0.4, 0.5) is 5.69 Å². The van der Waals surface area contributed by atoms with E-state index in [-0.39, 0.29) is 45.5 Å². The summed E-state index contributed by atoms with van der Waals surface area (Å²) in [5.41, 5.74) is 2.75. The van der Waals surface area contributed by atoms with Crippen molar-refractivity contribution in [3.63, 3.8) is 0 Å². The van der Waals surface area contributed by atoms with Crippen LogP contribution in [0.25, 0.3) is 0 Å². The van der Waals surface area contributed by atoms with E-state index < -0.39 is 28.5 Å². The Hall–Kier alpha value is -3.85. The Balaban J connectivity index is 1.83. The van der Waals surface area contributed by atoms with Crippen LogP contribution in [0.15, 0.2) is 108 Å². The van der Waals surface area contributed by atoms with Gasteiger partial charge in [-0.2, -0.15) is 0 Å². The molecule has 0 spiro atoms. The van der Waals surface area contributed by atoms with Crippen molar-refractivity contribution in [3.8, 4) is 0 Å². The van der Waals surface area contributed by atoms with Crippen LogP contribution in [-0.2, 0) is 32.6 Å². The summed E-state index contributed by atoms with van der Waals surface area (Å²) in [6.07, 6.45) is 0.927. The van der Waals surface area contributed by atoms with Crippen LogP contribution in [0.2, 0.25) is 10.0 Å². The molecule has 0 radical (unpaired) electrons. The van der Waals surface area contributed by atoms with Gasteiger partial charge in [0.1, 0.15) is 12.6 Å². The quantitative estimate of drug-likeness (QED) is 0.166. The summed E-state index contributed by atoms with van der Waals surface area (Å²) in [6, 6.07) is 28.3. The van der Waals surface area contributed by atoms with E-state index in [9.17, 15) is 18.0 Å². The van der Waals surface area contributed by atoms with E-state index in [2.05, 4.69) is 5.32 Å². The Bertz CT molecular complexity index is 1700. The van der Waals surface area contributed by atoms with Gasteiger partial charge in [0.25, 0.3) is 10.0 Å². The summed E-state index contributed by atoms with van der Waals surface area (Å²) in [4.78, 5) is 29.9. The minimum Gasteiger partial charge on any atom is -0.352 e. The molecule has 0 bridgehead atoms. The average molecular weight is 667 g/mol. The topological polar surface area (TPSA) is 86.8 Å². The average Bonchev–Trinajstić information content (AvgIpc) is 3.04. The lowest BCUT2D eigenvalue weighted by Gasteiger charge is -2.34. The van der Waals surface area contributed by atoms with Gasteiger partial charge >= 0.3 is 0 Å². The minimum absolute atomic E-state index is 0.0192. The molecule has 4 rings (SSSR count). The highest BCUT2D eigenvalue weighted by Crippen LogP contribution is 2.33. The number of anilines is 1. The molecule has 2 amide bonds. The third-order valence-corrected chi connectivity index (χ3v) is 9.86. The second kappa shape index (κ2) is 15.4. The number of aryl methyl sites for hydroxylation is 1. The maximum Gasteiger partial charge on any atom is 0.264 e. The Morgan fingerprint density at radius 2 is 1.47 bits per heavy atom. The van der Waals surface area contributed by atoms with Crippen LogP contribution in [-0.4, -0.2) is 43.8 Å². The zero-order chi connectivity index (χ0) is 32.6. The maximum atomic E-state index is 14.5. The highest BCUT2D eigenvalue weighted by atomic mass is 35.5. The molecule has 0 aromatic heterocycles. The van der Waals surface area contributed by atoms with Crippen molar-refractivity contribution in [1.29, 1.82) is 0 Å². The second-order valence-corrected chi connectivity index (χ2v) is 13.7. The van der Waals surface area contributed by atoms with Crippen LogP contribution in [0.3, 0.4) is 0 Å². The molecule has 2 atom stereocenters. The molecule has 4 aromatic rings. The molecule has 0 unspecified atom stereocenters. The smallest absolute Gasteiger partial charge is 0.264 e. The largest absolute Gasteiger partial charge is 0.352 e. The van der Waals surface area contributed by atoms with Gasteiger partial charge in [-0.05, 0) is 61.7 Å². The molecule has 0 aliphatic rings. The lowest BCUT2D eigenvalue weighted by Crippen LogP contribution is -2.54. The number of hydrogen-bond donors (Lipinski definition) is 1. The van der Waals surface area contributed by atoms with E-state index in [1.807, 2.05) is 75.4 Å². The summed E-state index contributed by atoms with van der Waals surface area (Å²) >= 11 is 12.8. The van der Waals surface area contributed by atoms with Gasteiger partial charge < -0.3 is 10.2 Å². The molecule has 0 aliphatic carbocycles. The number of carbonyl (C=O) groups is 2. The summed E-state index contributed by atoms with van der Waals surface area (Å²) in [7, 11) is -4.29. The van der Waals surface area contributed by atoms with Gasteiger partial charge in [0.15, 0.2) is 0 Å². The Kier molecular flexibility index (Phi) is 11.7. The SMILES string of the molecule is CC[C@@H](C)NC(=O)[C@@H](Cc1ccccc1)N(Cc1ccc(C)cc1)C(=O)CN(c1cc(Cl)ccc1Cl)S(=O)(=O)c1ccccc1. The number of hydrogen-bond acceptors (Lipinski definition) is 4. The molecule has 10 heteroatoms. The molecular weight excluding hydrogens is 629 g/mol. The van der Waals surface area contributed by atoms with Gasteiger partial charge in [-0.15, -0.1) is 0 Å². The van der Waals surface area contributed by atoms with E-state index in [1.165, 1.54) is 29.2 Å². The van der Waals surface area contributed by atoms with Gasteiger partial charge in [0.2, 0.25) is 11.8 Å². The van der Waals surface area contributed by atoms with Crippen molar-refractivity contribution in [3.05, 3.63) is 130 Å². The van der Waals surface area contributed by atoms with E-state index in [1.54, 1.807) is 24.3 Å². The first-order valence-corrected chi connectivity index (χ1v) is 16.9. The predicted octanol–water partition coefficient (Wildman–Crippen LogP) is 7.05. The molecule has 0 saturated heterocycles. The molecular formula is C35H37Cl2N3O4S. The van der Waals surface area contributed by atoms with Crippen LogP contribution >= 0.6 is 23.2 Å². The maximum absolute atomic E-state index is 14.5. The first-order chi connectivity index (χ1) is 21.5. The standard InChI is InChI=1S/C35H37Cl2N3O4S/c1-4-26(3)38-35(42)33(21-27-11-7-5-8-12-27)39(23-28-17-15-25(2)16-18-28)34(41)24-40(32-22-29(36)19-20-31(32)37)45(43,44)30-13-9-6-10-14-30/h5-20,22,26,33H,4,21,23-24H2,1-3H3,(H,38,42)/t26-,33-/m1/s1. The predicted molar refractivity (Wildman–Crippen MR) is 181 cm³/mol. The highest BCUT2D eigenvalue weighted by Gasteiger charge is 2.35. The molecule has 0 saturated carbocycles. The normalized spacial score (nSPS) is 12.6. The van der Waals surface area contributed by atoms with Crippen LogP contribution < -0.4 is 9.62 Å². The summed E-state index contributed by atoms with van der Waals surface area (Å²) in [5.74, 6) is -0.904. The van der Waals surface area contributed by atoms with Crippen LogP contribution in [0, 0.1) is 6.92 Å². The molecule has 45 heavy (non-hydrogen) atoms. The number of rotatable bonds is 13. The molecule has 7 nitrogen and oxygen atoms in total. The first kappa shape index (κ1) is 34.0. The fourth-order valence-electron chi connectivity index (χ4n) is 4.80. The first-order valence-electron chi connectivity index (χ1n) is 14.7. The minimum atomic E-state index is -4.29. The van der Waals surface area contributed by atoms with Gasteiger partial charge in [-0.1, -0.05) is 108 Å². The fourth-order valence-corrected chi connectivity index (χ4v) is 6.68. The van der Waals surface area contributed by atoms with Gasteiger partial charge in [0, 0.05) is 24.0 Å². The Morgan fingerprint density at radius 1 is 0.844 bits per heavy atom. The Morgan fingerprint density at radius 3 is 2.09 bits per heavy atom. The summed E-state index contributed by atoms with van der Waals surface area (Å²) < 4.78 is 29.2. The second-order valence-electron chi connectivity index (χ2n) is 11.0. The summed E-state index contributed by atoms with van der Waals surface area (Å²) in [6.45, 7) is 5.29. The molecule has 0 fully saturated rings. The number of nitrogens with zero attached hydrogens (tertiary/aromatic N) is 2. The van der Waals surface area contributed by atoms with Gasteiger partial charge in [0.05, 0.1) is 15.6 Å². The molecule has 236 valence electrons. The van der Waals surface area contributed by atoms with Crippen molar-refractivity contribution < 1.29 is 18.0 Å². The molecule has 0 aliphatic heterocycles. The lowest BCUT2D eigenvalue weighted by molar-refractivity contribution is -0.140. The van der Waals surface area contributed by atoms with E-state index in [0.29, 0.717) is 6.42 Å². The lowest BCUT2D eigenvalue weighted by atomic mass is 10.0. The van der Waals surface area contributed by atoms with E-state index in [0.717, 1.165) is 21.0 Å². The third kappa shape index (κ3) is 8.87. The monoisotopic (exact) mass is 665 g/mol. The van der Waals surface area contributed by atoms with Crippen LogP contribution in [0.1, 0.15) is 37.0 Å². The van der Waals surface area contributed by atoms with Crippen molar-refractivity contribution in [2.24, 2.45) is 0 Å². The van der Waals surface area contributed by atoms with Gasteiger partial charge in [-0.25, -0.2) is 8.42 Å². The van der Waals surface area contributed by atoms with E-state index >= 15 is 0 Å². The van der Waals surface area contributed by atoms with Crippen molar-refractivity contribution in [2.45, 2.75) is 57.1 Å². The molecule has 0 heterocycles. The molecule has 1 N–H and O–H groups in total. The Labute approximate surface area is 275 Å². The van der Waals surface area contributed by atoms with Crippen molar-refractivity contribution in [1.82, 2.24) is 10.2 Å². The number of nitrogens with one attached hydrogen (secondary N) is 1. The van der Waals surface area contributed by atoms with E-state index in [4.69, 9.17) is 23.2 Å². The number of benzene rings is 4. The van der Waals surface area contributed by atoms with Crippen molar-refractivity contribution >= 4 is 50.7 Å². The number of sulfonamides is 1. The van der Waals surface area contributed by atoms with Gasteiger partial charge in [-0.3, -0.25) is 13.9 Å². The molecule has 4 aromatic carbocycles. The number of halogens is 2. The zero-order valence-electron chi connectivity index (χ0n) is 25.5. The zero-order valence-corrected chi connectivity index (χ0v) is 27.8. The van der Waals surface area contributed by atoms with Crippen molar-refractivity contribution in [2.75, 3.05) is 10.8 Å². The highest BCUT2D eigenvalue weighted by molar-refractivity contribution is 7.92. The number of carbonyl (C=O) groups excluding carboxylic acids is 2. The fraction of sp³-hybridized carbons (Fsp3) is 0.257. The third-order valence-electron chi connectivity index (χ3n) is 7.53. The number of amides is 2.